The van der Waals surface area contributed by atoms with Crippen LogP contribution in [0.1, 0.15) is 16.1 Å². The minimum absolute atomic E-state index is 0.0730. The average Bonchev–Trinajstić information content (AvgIpc) is 2.55. The molecule has 0 unspecified atom stereocenters. The zero-order valence-corrected chi connectivity index (χ0v) is 12.4. The number of nitrogens with zero attached hydrogens (tertiary/aromatic N) is 2. The molecular weight excluding hydrogens is 310 g/mol. The lowest BCUT2D eigenvalue weighted by Crippen LogP contribution is -2.08. The van der Waals surface area contributed by atoms with E-state index in [1.54, 1.807) is 48.5 Å². The first kappa shape index (κ1) is 15.4. The van der Waals surface area contributed by atoms with Crippen molar-refractivity contribution in [3.05, 3.63) is 59.8 Å². The molecule has 3 N–H and O–H groups in total. The second-order valence-corrected chi connectivity index (χ2v) is 5.11. The van der Waals surface area contributed by atoms with Crippen LogP contribution in [0, 0.1) is 0 Å². The third kappa shape index (κ3) is 3.30. The molecule has 1 heterocycles. The Hall–Kier alpha value is -3.48. The number of benzene rings is 2. The molecule has 24 heavy (non-hydrogen) atoms. The molecule has 0 bridgehead atoms. The highest BCUT2D eigenvalue weighted by atomic mass is 16.4. The number of carboxylic acid groups (broad SMARTS) is 2. The van der Waals surface area contributed by atoms with Gasteiger partial charge in [0.2, 0.25) is 0 Å². The molecule has 3 aromatic rings. The number of carbonyl (C=O) groups is 2. The summed E-state index contributed by atoms with van der Waals surface area (Å²) in [5, 5.41) is 21.0. The maximum absolute atomic E-state index is 11.4. The van der Waals surface area contributed by atoms with Crippen molar-refractivity contribution in [1.29, 1.82) is 0 Å². The number of aromatic nitrogens is 2. The summed E-state index contributed by atoms with van der Waals surface area (Å²) in [4.78, 5) is 30.6. The van der Waals surface area contributed by atoms with Crippen LogP contribution in [0.15, 0.2) is 48.5 Å². The standard InChI is InChI=1S/C17H13N3O4/c21-14(22)9-10-5-7-11(8-6-10)18-16-15(17(23)24)19-12-3-1-2-4-13(12)20-16/h1-8H,9H2,(H,18,20)(H,21,22)(H,23,24). The van der Waals surface area contributed by atoms with Gasteiger partial charge in [0.15, 0.2) is 11.5 Å². The van der Waals surface area contributed by atoms with Crippen molar-refractivity contribution in [3.63, 3.8) is 0 Å². The van der Waals surface area contributed by atoms with E-state index >= 15 is 0 Å². The van der Waals surface area contributed by atoms with Crippen molar-refractivity contribution in [2.45, 2.75) is 6.42 Å². The van der Waals surface area contributed by atoms with E-state index in [4.69, 9.17) is 5.11 Å². The monoisotopic (exact) mass is 323 g/mol. The molecule has 0 aliphatic heterocycles. The molecule has 0 fully saturated rings. The van der Waals surface area contributed by atoms with Crippen LogP contribution >= 0.6 is 0 Å². The van der Waals surface area contributed by atoms with Gasteiger partial charge in [0.1, 0.15) is 0 Å². The summed E-state index contributed by atoms with van der Waals surface area (Å²) >= 11 is 0. The lowest BCUT2D eigenvalue weighted by molar-refractivity contribution is -0.136. The van der Waals surface area contributed by atoms with Crippen LogP contribution in [0.4, 0.5) is 11.5 Å². The van der Waals surface area contributed by atoms with E-state index in [0.29, 0.717) is 22.3 Å². The van der Waals surface area contributed by atoms with Crippen molar-refractivity contribution in [1.82, 2.24) is 9.97 Å². The average molecular weight is 323 g/mol. The van der Waals surface area contributed by atoms with E-state index in [1.165, 1.54) is 0 Å². The van der Waals surface area contributed by atoms with Crippen molar-refractivity contribution in [3.8, 4) is 0 Å². The zero-order chi connectivity index (χ0) is 17.1. The number of aliphatic carboxylic acids is 1. The van der Waals surface area contributed by atoms with Crippen molar-refractivity contribution in [2.75, 3.05) is 5.32 Å². The van der Waals surface area contributed by atoms with Crippen molar-refractivity contribution in [2.24, 2.45) is 0 Å². The number of carboxylic acids is 2. The molecule has 0 spiro atoms. The predicted molar refractivity (Wildman–Crippen MR) is 87.6 cm³/mol. The number of fused-ring (bicyclic) bond motifs is 1. The Labute approximate surface area is 136 Å². The maximum atomic E-state index is 11.4. The quantitative estimate of drug-likeness (QED) is 0.661. The summed E-state index contributed by atoms with van der Waals surface area (Å²) in [6.07, 6.45) is -0.0730. The first-order valence-corrected chi connectivity index (χ1v) is 7.11. The Morgan fingerprint density at radius 1 is 0.917 bits per heavy atom. The molecule has 0 saturated heterocycles. The lowest BCUT2D eigenvalue weighted by atomic mass is 10.1. The SMILES string of the molecule is O=C(O)Cc1ccc(Nc2nc3ccccc3nc2C(=O)O)cc1. The molecule has 2 aromatic carbocycles. The Balaban J connectivity index is 1.95. The fourth-order valence-electron chi connectivity index (χ4n) is 2.25. The molecular formula is C17H13N3O4. The summed E-state index contributed by atoms with van der Waals surface area (Å²) in [5.41, 5.74) is 2.14. The molecule has 0 aliphatic carbocycles. The normalized spacial score (nSPS) is 10.5. The van der Waals surface area contributed by atoms with Gasteiger partial charge >= 0.3 is 11.9 Å². The molecule has 1 aromatic heterocycles. The van der Waals surface area contributed by atoms with Gasteiger partial charge in [-0.1, -0.05) is 24.3 Å². The minimum atomic E-state index is -1.18. The third-order valence-corrected chi connectivity index (χ3v) is 3.35. The Bertz CT molecular complexity index is 923. The fraction of sp³-hybridized carbons (Fsp3) is 0.0588. The smallest absolute Gasteiger partial charge is 0.358 e. The van der Waals surface area contributed by atoms with Crippen LogP contribution in [0.2, 0.25) is 0 Å². The molecule has 3 rings (SSSR count). The van der Waals surface area contributed by atoms with Gasteiger partial charge in [0, 0.05) is 5.69 Å². The summed E-state index contributed by atoms with van der Waals surface area (Å²) in [6.45, 7) is 0. The first-order valence-electron chi connectivity index (χ1n) is 7.11. The van der Waals surface area contributed by atoms with E-state index in [0.717, 1.165) is 0 Å². The fourth-order valence-corrected chi connectivity index (χ4v) is 2.25. The van der Waals surface area contributed by atoms with E-state index in [9.17, 15) is 14.7 Å². The molecule has 7 heteroatoms. The number of nitrogens with one attached hydrogen (secondary N) is 1. The molecule has 0 aliphatic rings. The highest BCUT2D eigenvalue weighted by Crippen LogP contribution is 2.21. The largest absolute Gasteiger partial charge is 0.481 e. The molecule has 120 valence electrons. The maximum Gasteiger partial charge on any atom is 0.358 e. The Morgan fingerprint density at radius 3 is 2.12 bits per heavy atom. The second kappa shape index (κ2) is 6.33. The summed E-state index contributed by atoms with van der Waals surface area (Å²) < 4.78 is 0. The van der Waals surface area contributed by atoms with Crippen LogP contribution in [0.25, 0.3) is 11.0 Å². The molecule has 0 atom stereocenters. The van der Waals surface area contributed by atoms with E-state index in [1.807, 2.05) is 0 Å². The van der Waals surface area contributed by atoms with Gasteiger partial charge in [0.05, 0.1) is 17.5 Å². The predicted octanol–water partition coefficient (Wildman–Crippen LogP) is 2.70. The first-order chi connectivity index (χ1) is 11.5. The van der Waals surface area contributed by atoms with Crippen LogP contribution in [0.5, 0.6) is 0 Å². The summed E-state index contributed by atoms with van der Waals surface area (Å²) in [7, 11) is 0. The van der Waals surface area contributed by atoms with Gasteiger partial charge in [-0.2, -0.15) is 0 Å². The van der Waals surface area contributed by atoms with Gasteiger partial charge in [0.25, 0.3) is 0 Å². The van der Waals surface area contributed by atoms with Crippen LogP contribution in [-0.4, -0.2) is 32.1 Å². The van der Waals surface area contributed by atoms with Gasteiger partial charge < -0.3 is 15.5 Å². The van der Waals surface area contributed by atoms with E-state index in [2.05, 4.69) is 15.3 Å². The van der Waals surface area contributed by atoms with Crippen LogP contribution < -0.4 is 5.32 Å². The van der Waals surface area contributed by atoms with Gasteiger partial charge in [-0.05, 0) is 29.8 Å². The molecule has 0 radical (unpaired) electrons. The lowest BCUT2D eigenvalue weighted by Gasteiger charge is -2.10. The highest BCUT2D eigenvalue weighted by Gasteiger charge is 2.15. The highest BCUT2D eigenvalue weighted by molar-refractivity contribution is 5.94. The molecule has 0 amide bonds. The number of hydrogen-bond acceptors (Lipinski definition) is 5. The van der Waals surface area contributed by atoms with Gasteiger partial charge in [-0.25, -0.2) is 14.8 Å². The zero-order valence-electron chi connectivity index (χ0n) is 12.4. The van der Waals surface area contributed by atoms with Crippen molar-refractivity contribution >= 4 is 34.5 Å². The molecule has 7 nitrogen and oxygen atoms in total. The minimum Gasteiger partial charge on any atom is -0.481 e. The Morgan fingerprint density at radius 2 is 1.54 bits per heavy atom. The second-order valence-electron chi connectivity index (χ2n) is 5.11. The van der Waals surface area contributed by atoms with Crippen LogP contribution in [0.3, 0.4) is 0 Å². The summed E-state index contributed by atoms with van der Waals surface area (Å²) in [5.74, 6) is -1.96. The number of rotatable bonds is 5. The Kier molecular flexibility index (Phi) is 4.07. The number of para-hydroxylation sites is 2. The summed E-state index contributed by atoms with van der Waals surface area (Å²) in [6, 6.07) is 13.6. The number of aromatic carboxylic acids is 1. The van der Waals surface area contributed by atoms with E-state index in [-0.39, 0.29) is 17.9 Å². The van der Waals surface area contributed by atoms with E-state index < -0.39 is 11.9 Å². The topological polar surface area (TPSA) is 112 Å². The third-order valence-electron chi connectivity index (χ3n) is 3.35. The van der Waals surface area contributed by atoms with Crippen molar-refractivity contribution < 1.29 is 19.8 Å². The number of hydrogen-bond donors (Lipinski definition) is 3. The van der Waals surface area contributed by atoms with Gasteiger partial charge in [-0.15, -0.1) is 0 Å². The molecule has 0 saturated carbocycles. The van der Waals surface area contributed by atoms with Gasteiger partial charge in [-0.3, -0.25) is 4.79 Å². The van der Waals surface area contributed by atoms with Crippen LogP contribution in [-0.2, 0) is 11.2 Å². The number of anilines is 2.